The Morgan fingerprint density at radius 2 is 1.60 bits per heavy atom. The number of alkyl halides is 3. The van der Waals surface area contributed by atoms with Crippen LogP contribution in [0.1, 0.15) is 15.9 Å². The van der Waals surface area contributed by atoms with E-state index >= 15 is 0 Å². The summed E-state index contributed by atoms with van der Waals surface area (Å²) in [6.07, 6.45) is -4.65. The van der Waals surface area contributed by atoms with E-state index in [0.717, 1.165) is 24.3 Å². The monoisotopic (exact) mass is 302 g/mol. The maximum Gasteiger partial charge on any atom is 0.417 e. The Bertz CT molecular complexity index is 647. The van der Waals surface area contributed by atoms with Gasteiger partial charge in [0.15, 0.2) is 0 Å². The molecule has 0 amide bonds. The lowest BCUT2D eigenvalue weighted by Gasteiger charge is -2.15. The molecule has 0 heterocycles. The van der Waals surface area contributed by atoms with Gasteiger partial charge in [-0.3, -0.25) is 4.79 Å². The first-order chi connectivity index (χ1) is 9.30. The van der Waals surface area contributed by atoms with Gasteiger partial charge in [0.25, 0.3) is 5.24 Å². The summed E-state index contributed by atoms with van der Waals surface area (Å²) in [5, 5.41) is -1.00. The highest BCUT2D eigenvalue weighted by molar-refractivity contribution is 6.68. The van der Waals surface area contributed by atoms with Gasteiger partial charge in [-0.25, -0.2) is 4.39 Å². The summed E-state index contributed by atoms with van der Waals surface area (Å²) in [5.41, 5.74) is -1.54. The fourth-order valence-electron chi connectivity index (χ4n) is 1.88. The zero-order chi connectivity index (χ0) is 14.9. The van der Waals surface area contributed by atoms with Gasteiger partial charge in [0.1, 0.15) is 5.82 Å². The summed E-state index contributed by atoms with van der Waals surface area (Å²) in [7, 11) is 0. The maximum absolute atomic E-state index is 13.0. The van der Waals surface area contributed by atoms with Crippen molar-refractivity contribution in [1.29, 1.82) is 0 Å². The molecule has 0 aliphatic heterocycles. The predicted molar refractivity (Wildman–Crippen MR) is 67.0 cm³/mol. The van der Waals surface area contributed by atoms with Crippen LogP contribution in [0.25, 0.3) is 11.1 Å². The zero-order valence-corrected chi connectivity index (χ0v) is 10.6. The van der Waals surface area contributed by atoms with Crippen molar-refractivity contribution in [3.05, 3.63) is 59.4 Å². The molecule has 1 nitrogen and oxygen atoms in total. The van der Waals surface area contributed by atoms with E-state index in [9.17, 15) is 22.4 Å². The molecule has 0 bridgehead atoms. The molecule has 2 aromatic carbocycles. The Morgan fingerprint density at radius 1 is 1.00 bits per heavy atom. The lowest BCUT2D eigenvalue weighted by molar-refractivity contribution is -0.137. The number of benzene rings is 2. The summed E-state index contributed by atoms with van der Waals surface area (Å²) < 4.78 is 52.0. The first-order valence-corrected chi connectivity index (χ1v) is 5.84. The normalized spacial score (nSPS) is 11.4. The smallest absolute Gasteiger partial charge is 0.276 e. The molecule has 0 radical (unpaired) electrons. The SMILES string of the molecule is O=C(Cl)c1cccc(C(F)(F)F)c1-c1ccc(F)cc1. The van der Waals surface area contributed by atoms with Gasteiger partial charge >= 0.3 is 6.18 Å². The van der Waals surface area contributed by atoms with Crippen LogP contribution in [-0.4, -0.2) is 5.24 Å². The van der Waals surface area contributed by atoms with Gasteiger partial charge in [-0.2, -0.15) is 13.2 Å². The average molecular weight is 303 g/mol. The first-order valence-electron chi connectivity index (χ1n) is 5.46. The van der Waals surface area contributed by atoms with Crippen LogP contribution in [0.15, 0.2) is 42.5 Å². The minimum absolute atomic E-state index is 0.0725. The van der Waals surface area contributed by atoms with Crippen LogP contribution >= 0.6 is 11.6 Å². The molecular weight excluding hydrogens is 296 g/mol. The van der Waals surface area contributed by atoms with Gasteiger partial charge in [0.05, 0.1) is 5.56 Å². The number of hydrogen-bond donors (Lipinski definition) is 0. The van der Waals surface area contributed by atoms with Crippen molar-refractivity contribution >= 4 is 16.8 Å². The minimum atomic E-state index is -4.65. The molecule has 0 N–H and O–H groups in total. The highest BCUT2D eigenvalue weighted by Gasteiger charge is 2.35. The highest BCUT2D eigenvalue weighted by atomic mass is 35.5. The number of rotatable bonds is 2. The second-order valence-corrected chi connectivity index (χ2v) is 4.35. The van der Waals surface area contributed by atoms with Crippen LogP contribution in [0.4, 0.5) is 17.6 Å². The van der Waals surface area contributed by atoms with Gasteiger partial charge < -0.3 is 0 Å². The van der Waals surface area contributed by atoms with E-state index < -0.39 is 22.8 Å². The number of carbonyl (C=O) groups excluding carboxylic acids is 1. The molecule has 0 saturated carbocycles. The number of hydrogen-bond acceptors (Lipinski definition) is 1. The fourth-order valence-corrected chi connectivity index (χ4v) is 2.04. The van der Waals surface area contributed by atoms with E-state index in [-0.39, 0.29) is 16.7 Å². The predicted octanol–water partition coefficient (Wildman–Crippen LogP) is 4.89. The molecule has 0 unspecified atom stereocenters. The summed E-state index contributed by atoms with van der Waals surface area (Å²) in [6, 6.07) is 7.53. The first kappa shape index (κ1) is 14.5. The minimum Gasteiger partial charge on any atom is -0.276 e. The molecule has 0 fully saturated rings. The third-order valence-electron chi connectivity index (χ3n) is 2.71. The zero-order valence-electron chi connectivity index (χ0n) is 9.84. The summed E-state index contributed by atoms with van der Waals surface area (Å²) in [6.45, 7) is 0. The van der Waals surface area contributed by atoms with E-state index in [2.05, 4.69) is 0 Å². The van der Waals surface area contributed by atoms with Crippen molar-refractivity contribution in [2.24, 2.45) is 0 Å². The Kier molecular flexibility index (Phi) is 3.81. The van der Waals surface area contributed by atoms with Gasteiger partial charge in [-0.05, 0) is 41.4 Å². The van der Waals surface area contributed by atoms with Crippen LogP contribution in [0.3, 0.4) is 0 Å². The van der Waals surface area contributed by atoms with E-state index in [4.69, 9.17) is 11.6 Å². The molecule has 6 heteroatoms. The Balaban J connectivity index is 2.76. The Hall–Kier alpha value is -1.88. The van der Waals surface area contributed by atoms with Gasteiger partial charge in [-0.1, -0.05) is 18.2 Å². The number of carbonyl (C=O) groups is 1. The lowest BCUT2D eigenvalue weighted by atomic mass is 9.94. The summed E-state index contributed by atoms with van der Waals surface area (Å²) in [5.74, 6) is -0.586. The molecule has 0 saturated heterocycles. The van der Waals surface area contributed by atoms with Crippen LogP contribution in [0.5, 0.6) is 0 Å². The van der Waals surface area contributed by atoms with E-state index in [1.807, 2.05) is 0 Å². The van der Waals surface area contributed by atoms with Crippen molar-refractivity contribution in [1.82, 2.24) is 0 Å². The second-order valence-electron chi connectivity index (χ2n) is 4.01. The van der Waals surface area contributed by atoms with Crippen molar-refractivity contribution in [3.63, 3.8) is 0 Å². The van der Waals surface area contributed by atoms with Crippen LogP contribution < -0.4 is 0 Å². The van der Waals surface area contributed by atoms with Crippen LogP contribution in [-0.2, 0) is 6.18 Å². The quantitative estimate of drug-likeness (QED) is 0.570. The number of halogens is 5. The molecule has 2 aromatic rings. The molecule has 0 spiro atoms. The van der Waals surface area contributed by atoms with Gasteiger partial charge in [0, 0.05) is 11.1 Å². The molecule has 0 aliphatic rings. The standard InChI is InChI=1S/C14H7ClF4O/c15-13(20)10-2-1-3-11(14(17,18)19)12(10)8-4-6-9(16)7-5-8/h1-7H. The molecule has 0 atom stereocenters. The topological polar surface area (TPSA) is 17.1 Å². The second kappa shape index (κ2) is 5.25. The summed E-state index contributed by atoms with van der Waals surface area (Å²) >= 11 is 5.33. The molecule has 2 rings (SSSR count). The molecule has 0 aliphatic carbocycles. The van der Waals surface area contributed by atoms with Gasteiger partial charge in [0.2, 0.25) is 0 Å². The highest BCUT2D eigenvalue weighted by Crippen LogP contribution is 2.39. The Labute approximate surface area is 116 Å². The van der Waals surface area contributed by atoms with Crippen molar-refractivity contribution in [3.8, 4) is 11.1 Å². The lowest BCUT2D eigenvalue weighted by Crippen LogP contribution is -2.10. The van der Waals surface area contributed by atoms with Crippen molar-refractivity contribution < 1.29 is 22.4 Å². The average Bonchev–Trinajstić information content (AvgIpc) is 2.37. The molecule has 104 valence electrons. The third-order valence-corrected chi connectivity index (χ3v) is 2.92. The van der Waals surface area contributed by atoms with Crippen molar-refractivity contribution in [2.75, 3.05) is 0 Å². The van der Waals surface area contributed by atoms with Crippen molar-refractivity contribution in [2.45, 2.75) is 6.18 Å². The van der Waals surface area contributed by atoms with Gasteiger partial charge in [-0.15, -0.1) is 0 Å². The summed E-state index contributed by atoms with van der Waals surface area (Å²) in [4.78, 5) is 11.3. The fraction of sp³-hybridized carbons (Fsp3) is 0.0714. The van der Waals surface area contributed by atoms with Crippen LogP contribution in [0.2, 0.25) is 0 Å². The van der Waals surface area contributed by atoms with E-state index in [0.29, 0.717) is 0 Å². The van der Waals surface area contributed by atoms with E-state index in [1.165, 1.54) is 18.2 Å². The third kappa shape index (κ3) is 2.82. The molecule has 0 aromatic heterocycles. The molecule has 20 heavy (non-hydrogen) atoms. The van der Waals surface area contributed by atoms with E-state index in [1.54, 1.807) is 0 Å². The largest absolute Gasteiger partial charge is 0.417 e. The molecular formula is C14H7ClF4O. The Morgan fingerprint density at radius 3 is 2.10 bits per heavy atom. The maximum atomic E-state index is 13.0. The van der Waals surface area contributed by atoms with Crippen LogP contribution in [0, 0.1) is 5.82 Å².